The fourth-order valence-corrected chi connectivity index (χ4v) is 1.36. The summed E-state index contributed by atoms with van der Waals surface area (Å²) in [6.45, 7) is 0. The SMILES string of the molecule is O=c1oc(O)c(Cl)c2ccccc12. The summed E-state index contributed by atoms with van der Waals surface area (Å²) >= 11 is 5.72. The van der Waals surface area contributed by atoms with Crippen molar-refractivity contribution in [3.8, 4) is 5.95 Å². The third-order valence-corrected chi connectivity index (χ3v) is 2.13. The van der Waals surface area contributed by atoms with E-state index in [-0.39, 0.29) is 5.02 Å². The second-order valence-corrected chi connectivity index (χ2v) is 2.93. The van der Waals surface area contributed by atoms with Crippen molar-refractivity contribution in [3.05, 3.63) is 39.7 Å². The summed E-state index contributed by atoms with van der Waals surface area (Å²) in [5, 5.41) is 10.0. The Labute approximate surface area is 78.2 Å². The molecule has 0 aliphatic carbocycles. The molecule has 0 radical (unpaired) electrons. The highest BCUT2D eigenvalue weighted by atomic mass is 35.5. The molecule has 0 fully saturated rings. The summed E-state index contributed by atoms with van der Waals surface area (Å²) in [4.78, 5) is 11.2. The molecular formula is C9H5ClO3. The number of benzene rings is 1. The molecule has 0 saturated heterocycles. The van der Waals surface area contributed by atoms with E-state index in [0.29, 0.717) is 10.8 Å². The lowest BCUT2D eigenvalue weighted by Gasteiger charge is -1.98. The Morgan fingerprint density at radius 1 is 1.23 bits per heavy atom. The van der Waals surface area contributed by atoms with Gasteiger partial charge in [-0.05, 0) is 6.07 Å². The number of fused-ring (bicyclic) bond motifs is 1. The zero-order valence-corrected chi connectivity index (χ0v) is 7.21. The molecule has 66 valence electrons. The summed E-state index contributed by atoms with van der Waals surface area (Å²) in [7, 11) is 0. The summed E-state index contributed by atoms with van der Waals surface area (Å²) in [6, 6.07) is 6.67. The van der Waals surface area contributed by atoms with Crippen LogP contribution < -0.4 is 5.63 Å². The first-order chi connectivity index (χ1) is 6.20. The molecule has 0 aliphatic rings. The maximum Gasteiger partial charge on any atom is 0.346 e. The molecule has 4 heteroatoms. The average Bonchev–Trinajstić information content (AvgIpc) is 2.15. The average molecular weight is 197 g/mol. The van der Waals surface area contributed by atoms with E-state index in [1.807, 2.05) is 0 Å². The van der Waals surface area contributed by atoms with Gasteiger partial charge in [-0.2, -0.15) is 0 Å². The van der Waals surface area contributed by atoms with Crippen LogP contribution in [0.5, 0.6) is 5.95 Å². The summed E-state index contributed by atoms with van der Waals surface area (Å²) in [6.07, 6.45) is 0. The maximum atomic E-state index is 11.2. The summed E-state index contributed by atoms with van der Waals surface area (Å²) < 4.78 is 4.49. The number of rotatable bonds is 0. The molecule has 2 rings (SSSR count). The van der Waals surface area contributed by atoms with E-state index >= 15 is 0 Å². The molecule has 1 heterocycles. The molecular weight excluding hydrogens is 192 g/mol. The first kappa shape index (κ1) is 8.13. The van der Waals surface area contributed by atoms with Gasteiger partial charge in [0.05, 0.1) is 5.39 Å². The molecule has 1 aromatic heterocycles. The van der Waals surface area contributed by atoms with Crippen LogP contribution in [0.2, 0.25) is 5.02 Å². The van der Waals surface area contributed by atoms with E-state index in [2.05, 4.69) is 4.42 Å². The standard InChI is InChI=1S/C9H5ClO3/c10-7-5-3-1-2-4-6(5)8(11)13-9(7)12/h1-4,12H. The smallest absolute Gasteiger partial charge is 0.346 e. The van der Waals surface area contributed by atoms with Crippen molar-refractivity contribution < 1.29 is 9.52 Å². The van der Waals surface area contributed by atoms with Crippen molar-refractivity contribution >= 4 is 22.4 Å². The van der Waals surface area contributed by atoms with Gasteiger partial charge in [-0.1, -0.05) is 29.8 Å². The zero-order valence-electron chi connectivity index (χ0n) is 6.45. The summed E-state index contributed by atoms with van der Waals surface area (Å²) in [5.74, 6) is -0.537. The first-order valence-electron chi connectivity index (χ1n) is 3.60. The lowest BCUT2D eigenvalue weighted by atomic mass is 10.2. The van der Waals surface area contributed by atoms with E-state index in [1.54, 1.807) is 24.3 Å². The fourth-order valence-electron chi connectivity index (χ4n) is 1.16. The van der Waals surface area contributed by atoms with Gasteiger partial charge in [0.1, 0.15) is 5.02 Å². The third-order valence-electron chi connectivity index (χ3n) is 1.76. The lowest BCUT2D eigenvalue weighted by Crippen LogP contribution is -1.98. The predicted octanol–water partition coefficient (Wildman–Crippen LogP) is 2.15. The van der Waals surface area contributed by atoms with E-state index in [1.165, 1.54) is 0 Å². The molecule has 1 aromatic carbocycles. The molecule has 2 aromatic rings. The second kappa shape index (κ2) is 2.78. The lowest BCUT2D eigenvalue weighted by molar-refractivity contribution is 0.313. The van der Waals surface area contributed by atoms with Gasteiger partial charge in [0.25, 0.3) is 0 Å². The molecule has 0 amide bonds. The van der Waals surface area contributed by atoms with Crippen LogP contribution in [-0.4, -0.2) is 5.11 Å². The van der Waals surface area contributed by atoms with E-state index < -0.39 is 11.6 Å². The van der Waals surface area contributed by atoms with Crippen molar-refractivity contribution in [2.24, 2.45) is 0 Å². The fraction of sp³-hybridized carbons (Fsp3) is 0. The highest BCUT2D eigenvalue weighted by Gasteiger charge is 2.09. The van der Waals surface area contributed by atoms with Gasteiger partial charge in [-0.3, -0.25) is 0 Å². The van der Waals surface area contributed by atoms with Crippen molar-refractivity contribution in [2.45, 2.75) is 0 Å². The third kappa shape index (κ3) is 1.17. The van der Waals surface area contributed by atoms with Crippen molar-refractivity contribution in [2.75, 3.05) is 0 Å². The van der Waals surface area contributed by atoms with E-state index in [4.69, 9.17) is 16.7 Å². The maximum absolute atomic E-state index is 11.2. The van der Waals surface area contributed by atoms with Crippen molar-refractivity contribution in [3.63, 3.8) is 0 Å². The van der Waals surface area contributed by atoms with Gasteiger partial charge in [0, 0.05) is 5.39 Å². The highest BCUT2D eigenvalue weighted by Crippen LogP contribution is 2.28. The van der Waals surface area contributed by atoms with Crippen LogP contribution in [-0.2, 0) is 0 Å². The topological polar surface area (TPSA) is 50.4 Å². The Hall–Kier alpha value is -1.48. The molecule has 0 aliphatic heterocycles. The van der Waals surface area contributed by atoms with Gasteiger partial charge in [0.15, 0.2) is 0 Å². The Morgan fingerprint density at radius 3 is 2.54 bits per heavy atom. The molecule has 0 spiro atoms. The number of halogens is 1. The van der Waals surface area contributed by atoms with Crippen LogP contribution in [0.25, 0.3) is 10.8 Å². The largest absolute Gasteiger partial charge is 0.480 e. The minimum atomic E-state index is -0.586. The van der Waals surface area contributed by atoms with Crippen LogP contribution in [0.1, 0.15) is 0 Å². The number of aromatic hydroxyl groups is 1. The summed E-state index contributed by atoms with van der Waals surface area (Å²) in [5.41, 5.74) is -0.586. The molecule has 13 heavy (non-hydrogen) atoms. The van der Waals surface area contributed by atoms with E-state index in [9.17, 15) is 4.79 Å². The minimum Gasteiger partial charge on any atom is -0.480 e. The van der Waals surface area contributed by atoms with Crippen LogP contribution in [0, 0.1) is 0 Å². The van der Waals surface area contributed by atoms with Crippen LogP contribution >= 0.6 is 11.6 Å². The molecule has 3 nitrogen and oxygen atoms in total. The first-order valence-corrected chi connectivity index (χ1v) is 3.98. The van der Waals surface area contributed by atoms with Crippen LogP contribution in [0.15, 0.2) is 33.5 Å². The number of hydrogen-bond donors (Lipinski definition) is 1. The second-order valence-electron chi connectivity index (χ2n) is 2.55. The molecule has 0 bridgehead atoms. The van der Waals surface area contributed by atoms with E-state index in [0.717, 1.165) is 0 Å². The Balaban J connectivity index is 3.06. The normalized spacial score (nSPS) is 10.5. The van der Waals surface area contributed by atoms with Crippen molar-refractivity contribution in [1.82, 2.24) is 0 Å². The van der Waals surface area contributed by atoms with Crippen LogP contribution in [0.3, 0.4) is 0 Å². The number of hydrogen-bond acceptors (Lipinski definition) is 3. The van der Waals surface area contributed by atoms with Crippen molar-refractivity contribution in [1.29, 1.82) is 0 Å². The zero-order chi connectivity index (χ0) is 9.42. The Kier molecular flexibility index (Phi) is 1.74. The monoisotopic (exact) mass is 196 g/mol. The molecule has 1 N–H and O–H groups in total. The van der Waals surface area contributed by atoms with Gasteiger partial charge in [-0.25, -0.2) is 4.79 Å². The molecule has 0 unspecified atom stereocenters. The minimum absolute atomic E-state index is 0.0650. The molecule has 0 saturated carbocycles. The van der Waals surface area contributed by atoms with Gasteiger partial charge >= 0.3 is 11.6 Å². The Bertz CT molecular complexity index is 516. The van der Waals surface area contributed by atoms with Gasteiger partial charge in [-0.15, -0.1) is 0 Å². The van der Waals surface area contributed by atoms with Crippen LogP contribution in [0.4, 0.5) is 0 Å². The van der Waals surface area contributed by atoms with Gasteiger partial charge in [0.2, 0.25) is 0 Å². The quantitative estimate of drug-likeness (QED) is 0.703. The highest BCUT2D eigenvalue weighted by molar-refractivity contribution is 6.36. The van der Waals surface area contributed by atoms with Gasteiger partial charge < -0.3 is 9.52 Å². The molecule has 0 atom stereocenters. The predicted molar refractivity (Wildman–Crippen MR) is 49.2 cm³/mol. The Morgan fingerprint density at radius 2 is 1.85 bits per heavy atom.